The molecule has 19 heavy (non-hydrogen) atoms. The van der Waals surface area contributed by atoms with Crippen LogP contribution in [-0.4, -0.2) is 12.9 Å². The van der Waals surface area contributed by atoms with Crippen molar-refractivity contribution < 1.29 is 14.3 Å². The zero-order valence-corrected chi connectivity index (χ0v) is 10.8. The van der Waals surface area contributed by atoms with Gasteiger partial charge < -0.3 is 9.47 Å². The number of rotatable bonds is 6. The highest BCUT2D eigenvalue weighted by Crippen LogP contribution is 2.16. The van der Waals surface area contributed by atoms with Crippen molar-refractivity contribution in [2.45, 2.75) is 13.5 Å². The van der Waals surface area contributed by atoms with E-state index in [1.54, 1.807) is 24.3 Å². The topological polar surface area (TPSA) is 35.5 Å². The first-order valence-electron chi connectivity index (χ1n) is 6.21. The molecule has 0 radical (unpaired) electrons. The van der Waals surface area contributed by atoms with Gasteiger partial charge in [-0.3, -0.25) is 4.79 Å². The molecule has 0 aliphatic heterocycles. The van der Waals surface area contributed by atoms with Crippen LogP contribution in [0.2, 0.25) is 0 Å². The molecule has 0 atom stereocenters. The van der Waals surface area contributed by atoms with E-state index >= 15 is 0 Å². The van der Waals surface area contributed by atoms with E-state index in [0.29, 0.717) is 18.8 Å². The second-order valence-corrected chi connectivity index (χ2v) is 4.05. The number of carbonyl (C=O) groups excluding carboxylic acids is 1. The standard InChI is InChI=1S/C16H16O3/c1-2-18-15-9-5-14(6-10-15)12-19-16-7-3-13(11-17)4-8-16/h3-11H,2,12H2,1H3. The molecule has 2 aromatic carbocycles. The summed E-state index contributed by atoms with van der Waals surface area (Å²) in [6, 6.07) is 14.9. The summed E-state index contributed by atoms with van der Waals surface area (Å²) in [5.41, 5.74) is 1.72. The molecule has 0 amide bonds. The fraction of sp³-hybridized carbons (Fsp3) is 0.188. The van der Waals surface area contributed by atoms with Crippen LogP contribution < -0.4 is 9.47 Å². The van der Waals surface area contributed by atoms with Crippen LogP contribution in [0.4, 0.5) is 0 Å². The van der Waals surface area contributed by atoms with Crippen LogP contribution in [0.3, 0.4) is 0 Å². The van der Waals surface area contributed by atoms with Gasteiger partial charge in [0.15, 0.2) is 0 Å². The summed E-state index contributed by atoms with van der Waals surface area (Å²) in [6.45, 7) is 3.12. The van der Waals surface area contributed by atoms with Crippen molar-refractivity contribution in [3.8, 4) is 11.5 Å². The van der Waals surface area contributed by atoms with Gasteiger partial charge in [0, 0.05) is 5.56 Å². The Labute approximate surface area is 112 Å². The van der Waals surface area contributed by atoms with Gasteiger partial charge in [0.05, 0.1) is 6.61 Å². The maximum absolute atomic E-state index is 10.5. The summed E-state index contributed by atoms with van der Waals surface area (Å²) in [7, 11) is 0. The van der Waals surface area contributed by atoms with E-state index in [1.165, 1.54) is 0 Å². The van der Waals surface area contributed by atoms with E-state index in [1.807, 2.05) is 31.2 Å². The third-order valence-corrected chi connectivity index (χ3v) is 2.66. The van der Waals surface area contributed by atoms with Crippen LogP contribution in [0.5, 0.6) is 11.5 Å². The summed E-state index contributed by atoms with van der Waals surface area (Å²) >= 11 is 0. The first-order valence-corrected chi connectivity index (χ1v) is 6.21. The second kappa shape index (κ2) is 6.59. The van der Waals surface area contributed by atoms with Gasteiger partial charge in [-0.2, -0.15) is 0 Å². The van der Waals surface area contributed by atoms with Gasteiger partial charge >= 0.3 is 0 Å². The molecule has 98 valence electrons. The SMILES string of the molecule is CCOc1ccc(COc2ccc(C=O)cc2)cc1. The molecule has 0 bridgehead atoms. The zero-order chi connectivity index (χ0) is 13.5. The molecule has 0 saturated carbocycles. The lowest BCUT2D eigenvalue weighted by atomic mass is 10.2. The van der Waals surface area contributed by atoms with Crippen LogP contribution in [0.15, 0.2) is 48.5 Å². The summed E-state index contributed by atoms with van der Waals surface area (Å²) in [4.78, 5) is 10.5. The quantitative estimate of drug-likeness (QED) is 0.742. The Morgan fingerprint density at radius 2 is 1.47 bits per heavy atom. The Kier molecular flexibility index (Phi) is 4.56. The molecule has 0 unspecified atom stereocenters. The van der Waals surface area contributed by atoms with Crippen molar-refractivity contribution in [1.82, 2.24) is 0 Å². The Hall–Kier alpha value is -2.29. The van der Waals surface area contributed by atoms with Gasteiger partial charge in [0.25, 0.3) is 0 Å². The average molecular weight is 256 g/mol. The second-order valence-electron chi connectivity index (χ2n) is 4.05. The van der Waals surface area contributed by atoms with E-state index in [-0.39, 0.29) is 0 Å². The lowest BCUT2D eigenvalue weighted by molar-refractivity contribution is 0.112. The molecule has 2 aromatic rings. The Balaban J connectivity index is 1.92. The minimum Gasteiger partial charge on any atom is -0.494 e. The largest absolute Gasteiger partial charge is 0.494 e. The third-order valence-electron chi connectivity index (χ3n) is 2.66. The molecule has 0 N–H and O–H groups in total. The summed E-state index contributed by atoms with van der Waals surface area (Å²) in [5.74, 6) is 1.61. The van der Waals surface area contributed by atoms with Gasteiger partial charge in [-0.05, 0) is 48.9 Å². The van der Waals surface area contributed by atoms with Crippen molar-refractivity contribution in [3.63, 3.8) is 0 Å². The van der Waals surface area contributed by atoms with E-state index in [4.69, 9.17) is 9.47 Å². The third kappa shape index (κ3) is 3.85. The van der Waals surface area contributed by atoms with E-state index < -0.39 is 0 Å². The fourth-order valence-electron chi connectivity index (χ4n) is 1.66. The molecular formula is C16H16O3. The molecule has 3 heteroatoms. The minimum absolute atomic E-state index is 0.493. The Bertz CT molecular complexity index is 515. The summed E-state index contributed by atoms with van der Waals surface area (Å²) in [5, 5.41) is 0. The smallest absolute Gasteiger partial charge is 0.150 e. The highest BCUT2D eigenvalue weighted by molar-refractivity contribution is 5.74. The molecule has 0 spiro atoms. The Morgan fingerprint density at radius 1 is 0.895 bits per heavy atom. The first kappa shape index (κ1) is 13.1. The molecule has 0 fully saturated rings. The summed E-state index contributed by atoms with van der Waals surface area (Å²) < 4.78 is 11.0. The molecule has 0 aliphatic rings. The number of benzene rings is 2. The predicted octanol–water partition coefficient (Wildman–Crippen LogP) is 3.48. The van der Waals surface area contributed by atoms with Crippen molar-refractivity contribution in [3.05, 3.63) is 59.7 Å². The fourth-order valence-corrected chi connectivity index (χ4v) is 1.66. The maximum Gasteiger partial charge on any atom is 0.150 e. The average Bonchev–Trinajstić information content (AvgIpc) is 2.47. The molecule has 0 heterocycles. The number of ether oxygens (including phenoxy) is 2. The van der Waals surface area contributed by atoms with Gasteiger partial charge in [0.2, 0.25) is 0 Å². The van der Waals surface area contributed by atoms with Crippen molar-refractivity contribution in [2.24, 2.45) is 0 Å². The lowest BCUT2D eigenvalue weighted by Gasteiger charge is -2.07. The Morgan fingerprint density at radius 3 is 2.05 bits per heavy atom. The molecule has 2 rings (SSSR count). The molecule has 0 aliphatic carbocycles. The normalized spacial score (nSPS) is 9.95. The first-order chi connectivity index (χ1) is 9.31. The van der Waals surface area contributed by atoms with E-state index in [2.05, 4.69) is 0 Å². The predicted molar refractivity (Wildman–Crippen MR) is 73.8 cm³/mol. The molecular weight excluding hydrogens is 240 g/mol. The maximum atomic E-state index is 10.5. The molecule has 0 aromatic heterocycles. The van der Waals surface area contributed by atoms with Gasteiger partial charge in [-0.1, -0.05) is 12.1 Å². The van der Waals surface area contributed by atoms with Crippen LogP contribution >= 0.6 is 0 Å². The molecule has 3 nitrogen and oxygen atoms in total. The monoisotopic (exact) mass is 256 g/mol. The molecule has 0 saturated heterocycles. The zero-order valence-electron chi connectivity index (χ0n) is 10.8. The van der Waals surface area contributed by atoms with Crippen LogP contribution in [0, 0.1) is 0 Å². The number of hydrogen-bond donors (Lipinski definition) is 0. The van der Waals surface area contributed by atoms with Gasteiger partial charge in [0.1, 0.15) is 24.4 Å². The highest BCUT2D eigenvalue weighted by atomic mass is 16.5. The van der Waals surface area contributed by atoms with Crippen LogP contribution in [-0.2, 0) is 6.61 Å². The lowest BCUT2D eigenvalue weighted by Crippen LogP contribution is -1.96. The number of aldehydes is 1. The number of carbonyl (C=O) groups is 1. The number of hydrogen-bond acceptors (Lipinski definition) is 3. The summed E-state index contributed by atoms with van der Waals surface area (Å²) in [6.07, 6.45) is 0.816. The van der Waals surface area contributed by atoms with Crippen molar-refractivity contribution in [1.29, 1.82) is 0 Å². The van der Waals surface area contributed by atoms with E-state index in [0.717, 1.165) is 23.3 Å². The highest BCUT2D eigenvalue weighted by Gasteiger charge is 1.98. The van der Waals surface area contributed by atoms with E-state index in [9.17, 15) is 4.79 Å². The van der Waals surface area contributed by atoms with Crippen LogP contribution in [0.25, 0.3) is 0 Å². The van der Waals surface area contributed by atoms with Crippen LogP contribution in [0.1, 0.15) is 22.8 Å². The van der Waals surface area contributed by atoms with Gasteiger partial charge in [-0.25, -0.2) is 0 Å². The minimum atomic E-state index is 0.493. The van der Waals surface area contributed by atoms with Crippen molar-refractivity contribution >= 4 is 6.29 Å². The van der Waals surface area contributed by atoms with Crippen molar-refractivity contribution in [2.75, 3.05) is 6.61 Å². The van der Waals surface area contributed by atoms with Gasteiger partial charge in [-0.15, -0.1) is 0 Å².